The Morgan fingerprint density at radius 2 is 2.00 bits per heavy atom. The first-order valence-electron chi connectivity index (χ1n) is 11.2. The second kappa shape index (κ2) is 10.4. The number of H-pyrrole nitrogens is 1. The van der Waals surface area contributed by atoms with Gasteiger partial charge in [-0.1, -0.05) is 6.07 Å². The number of nitrogens with one attached hydrogen (secondary N) is 5. The molecule has 1 saturated heterocycles. The van der Waals surface area contributed by atoms with Crippen LogP contribution in [0.25, 0.3) is 0 Å². The van der Waals surface area contributed by atoms with Crippen LogP contribution in [0.2, 0.25) is 0 Å². The third-order valence-corrected chi connectivity index (χ3v) is 5.68. The second-order valence-corrected chi connectivity index (χ2v) is 8.31. The number of ether oxygens (including phenoxy) is 1. The molecule has 0 saturated carbocycles. The standard InChI is InChI=1S/C23H29N9O3/c1-13-7-8-15(11-16(13)27-23(34)35-4)26-21-20(22(33)32(3)19-6-5-9-24-19)25-12-18(29-21)28-17-10-14(2)30-31-17/h7-8,10-12,19,24H,5-6,9H2,1-4H3,(H,27,34)(H3,26,28,29,30,31). The third-order valence-electron chi connectivity index (χ3n) is 5.68. The number of carbonyl (C=O) groups excluding carboxylic acids is 2. The van der Waals surface area contributed by atoms with E-state index in [1.807, 2.05) is 32.0 Å². The summed E-state index contributed by atoms with van der Waals surface area (Å²) in [6, 6.07) is 7.23. The molecule has 12 heteroatoms. The van der Waals surface area contributed by atoms with Crippen molar-refractivity contribution in [3.8, 4) is 0 Å². The van der Waals surface area contributed by atoms with Gasteiger partial charge in [0.05, 0.1) is 19.5 Å². The van der Waals surface area contributed by atoms with Crippen LogP contribution in [0.4, 0.5) is 33.6 Å². The summed E-state index contributed by atoms with van der Waals surface area (Å²) in [6.07, 6.45) is 2.74. The van der Waals surface area contributed by atoms with Crippen LogP contribution in [0, 0.1) is 13.8 Å². The first-order chi connectivity index (χ1) is 16.8. The molecule has 1 unspecified atom stereocenters. The number of aromatic amines is 1. The Labute approximate surface area is 202 Å². The predicted molar refractivity (Wildman–Crippen MR) is 132 cm³/mol. The lowest BCUT2D eigenvalue weighted by atomic mass is 10.1. The number of amides is 2. The molecule has 1 aromatic carbocycles. The van der Waals surface area contributed by atoms with Gasteiger partial charge in [0.25, 0.3) is 5.91 Å². The van der Waals surface area contributed by atoms with Gasteiger partial charge in [0.15, 0.2) is 23.1 Å². The molecule has 4 rings (SSSR count). The van der Waals surface area contributed by atoms with Gasteiger partial charge in [-0.3, -0.25) is 20.5 Å². The molecule has 0 radical (unpaired) electrons. The van der Waals surface area contributed by atoms with Crippen molar-refractivity contribution in [1.29, 1.82) is 0 Å². The van der Waals surface area contributed by atoms with Crippen LogP contribution >= 0.6 is 0 Å². The molecule has 0 aliphatic carbocycles. The van der Waals surface area contributed by atoms with Gasteiger partial charge in [-0.25, -0.2) is 14.8 Å². The number of anilines is 5. The summed E-state index contributed by atoms with van der Waals surface area (Å²) in [7, 11) is 3.05. The number of aryl methyl sites for hydroxylation is 2. The highest BCUT2D eigenvalue weighted by atomic mass is 16.5. The van der Waals surface area contributed by atoms with Crippen LogP contribution in [-0.4, -0.2) is 63.9 Å². The summed E-state index contributed by atoms with van der Waals surface area (Å²) in [5.74, 6) is 0.998. The van der Waals surface area contributed by atoms with Gasteiger partial charge in [-0.05, 0) is 50.9 Å². The van der Waals surface area contributed by atoms with Crippen molar-refractivity contribution < 1.29 is 14.3 Å². The number of hydrogen-bond acceptors (Lipinski definition) is 9. The molecule has 35 heavy (non-hydrogen) atoms. The van der Waals surface area contributed by atoms with E-state index in [0.717, 1.165) is 30.6 Å². The van der Waals surface area contributed by atoms with Crippen LogP contribution in [0.3, 0.4) is 0 Å². The van der Waals surface area contributed by atoms with E-state index in [9.17, 15) is 9.59 Å². The van der Waals surface area contributed by atoms with Gasteiger partial charge in [-0.2, -0.15) is 5.10 Å². The monoisotopic (exact) mass is 479 g/mol. The molecule has 184 valence electrons. The minimum Gasteiger partial charge on any atom is -0.453 e. The Morgan fingerprint density at radius 3 is 2.69 bits per heavy atom. The Kier molecular flexibility index (Phi) is 7.11. The maximum absolute atomic E-state index is 13.4. The van der Waals surface area contributed by atoms with Crippen LogP contribution < -0.4 is 21.3 Å². The minimum absolute atomic E-state index is 0.0581. The van der Waals surface area contributed by atoms with E-state index in [4.69, 9.17) is 4.74 Å². The number of rotatable bonds is 7. The lowest BCUT2D eigenvalue weighted by Gasteiger charge is -2.25. The van der Waals surface area contributed by atoms with E-state index in [2.05, 4.69) is 41.4 Å². The number of nitrogens with zero attached hydrogens (tertiary/aromatic N) is 4. The van der Waals surface area contributed by atoms with E-state index in [0.29, 0.717) is 23.0 Å². The molecule has 1 atom stereocenters. The quantitative estimate of drug-likeness (QED) is 0.344. The summed E-state index contributed by atoms with van der Waals surface area (Å²) in [4.78, 5) is 35.8. The molecule has 2 aromatic heterocycles. The third kappa shape index (κ3) is 5.66. The van der Waals surface area contributed by atoms with Crippen LogP contribution in [0.1, 0.15) is 34.6 Å². The van der Waals surface area contributed by atoms with Gasteiger partial charge in [0, 0.05) is 30.2 Å². The molecule has 3 aromatic rings. The van der Waals surface area contributed by atoms with Gasteiger partial charge in [0.1, 0.15) is 0 Å². The summed E-state index contributed by atoms with van der Waals surface area (Å²) < 4.78 is 4.70. The van der Waals surface area contributed by atoms with Gasteiger partial charge in [-0.15, -0.1) is 0 Å². The Morgan fingerprint density at radius 1 is 1.17 bits per heavy atom. The number of carbonyl (C=O) groups is 2. The van der Waals surface area contributed by atoms with Crippen molar-refractivity contribution in [3.63, 3.8) is 0 Å². The van der Waals surface area contributed by atoms with Crippen molar-refractivity contribution in [2.24, 2.45) is 0 Å². The van der Waals surface area contributed by atoms with Crippen molar-refractivity contribution in [3.05, 3.63) is 47.4 Å². The summed E-state index contributed by atoms with van der Waals surface area (Å²) in [5, 5.41) is 19.3. The second-order valence-electron chi connectivity index (χ2n) is 8.31. The fraction of sp³-hybridized carbons (Fsp3) is 0.348. The first-order valence-corrected chi connectivity index (χ1v) is 11.2. The average Bonchev–Trinajstić information content (AvgIpc) is 3.52. The number of hydrogen-bond donors (Lipinski definition) is 5. The van der Waals surface area contributed by atoms with Crippen molar-refractivity contribution in [2.75, 3.05) is 36.7 Å². The van der Waals surface area contributed by atoms with Crippen molar-refractivity contribution in [1.82, 2.24) is 30.4 Å². The van der Waals surface area contributed by atoms with E-state index in [1.165, 1.54) is 13.3 Å². The SMILES string of the molecule is COC(=O)Nc1cc(Nc2nc(Nc3cc(C)[nH]n3)cnc2C(=O)N(C)C2CCCN2)ccc1C. The molecule has 5 N–H and O–H groups in total. The number of methoxy groups -OCH3 is 1. The fourth-order valence-corrected chi connectivity index (χ4v) is 3.74. The summed E-state index contributed by atoms with van der Waals surface area (Å²) >= 11 is 0. The zero-order valence-corrected chi connectivity index (χ0v) is 20.1. The molecular weight excluding hydrogens is 450 g/mol. The van der Waals surface area contributed by atoms with Crippen LogP contribution in [0.5, 0.6) is 0 Å². The average molecular weight is 480 g/mol. The fourth-order valence-electron chi connectivity index (χ4n) is 3.74. The van der Waals surface area contributed by atoms with Gasteiger partial charge in [0.2, 0.25) is 0 Å². The number of benzene rings is 1. The number of aromatic nitrogens is 4. The topological polar surface area (TPSA) is 149 Å². The molecule has 1 aliphatic heterocycles. The van der Waals surface area contributed by atoms with Gasteiger partial charge < -0.3 is 20.3 Å². The Hall–Kier alpha value is -4.19. The molecule has 0 bridgehead atoms. The molecule has 2 amide bonds. The molecule has 12 nitrogen and oxygen atoms in total. The molecule has 0 spiro atoms. The first kappa shape index (κ1) is 24.0. The summed E-state index contributed by atoms with van der Waals surface area (Å²) in [5.41, 5.74) is 3.09. The molecule has 1 aliphatic rings. The normalized spacial score (nSPS) is 14.9. The predicted octanol–water partition coefficient (Wildman–Crippen LogP) is 3.26. The zero-order chi connectivity index (χ0) is 24.9. The van der Waals surface area contributed by atoms with Crippen molar-refractivity contribution >= 4 is 40.8 Å². The molecule has 1 fully saturated rings. The zero-order valence-electron chi connectivity index (χ0n) is 20.1. The minimum atomic E-state index is -0.577. The van der Waals surface area contributed by atoms with Crippen LogP contribution in [-0.2, 0) is 4.74 Å². The maximum Gasteiger partial charge on any atom is 0.411 e. The van der Waals surface area contributed by atoms with Crippen molar-refractivity contribution in [2.45, 2.75) is 32.9 Å². The summed E-state index contributed by atoms with van der Waals surface area (Å²) in [6.45, 7) is 4.62. The molecular formula is C23H29N9O3. The van der Waals surface area contributed by atoms with Crippen LogP contribution in [0.15, 0.2) is 30.5 Å². The van der Waals surface area contributed by atoms with E-state index in [-0.39, 0.29) is 23.6 Å². The van der Waals surface area contributed by atoms with E-state index >= 15 is 0 Å². The largest absolute Gasteiger partial charge is 0.453 e. The Balaban J connectivity index is 1.66. The smallest absolute Gasteiger partial charge is 0.411 e. The van der Waals surface area contributed by atoms with E-state index in [1.54, 1.807) is 18.0 Å². The van der Waals surface area contributed by atoms with E-state index < -0.39 is 6.09 Å². The highest BCUT2D eigenvalue weighted by Gasteiger charge is 2.27. The lowest BCUT2D eigenvalue weighted by Crippen LogP contribution is -2.43. The molecule has 3 heterocycles. The highest BCUT2D eigenvalue weighted by molar-refractivity contribution is 5.98. The lowest BCUT2D eigenvalue weighted by molar-refractivity contribution is 0.0713. The maximum atomic E-state index is 13.4. The highest BCUT2D eigenvalue weighted by Crippen LogP contribution is 2.26. The van der Waals surface area contributed by atoms with Gasteiger partial charge >= 0.3 is 6.09 Å². The Bertz CT molecular complexity index is 1220.